The van der Waals surface area contributed by atoms with Gasteiger partial charge in [0.25, 0.3) is 0 Å². The number of amides is 1. The van der Waals surface area contributed by atoms with Gasteiger partial charge in [-0.05, 0) is 24.8 Å². The highest BCUT2D eigenvalue weighted by molar-refractivity contribution is 5.73. The number of nitrogens with zero attached hydrogens (tertiary/aromatic N) is 3. The molecule has 8 nitrogen and oxygen atoms in total. The molecular formula is C16H21N5O3. The number of aliphatic carboxylic acids is 1. The van der Waals surface area contributed by atoms with Crippen molar-refractivity contribution < 1.29 is 14.7 Å². The molecule has 24 heavy (non-hydrogen) atoms. The number of carbonyl (C=O) groups excluding carboxylic acids is 1. The second-order valence-corrected chi connectivity index (χ2v) is 5.72. The number of aromatic nitrogens is 4. The number of tetrazole rings is 1. The number of carbonyl (C=O) groups is 2. The van der Waals surface area contributed by atoms with Crippen LogP contribution in [0.5, 0.6) is 0 Å². The minimum atomic E-state index is -0.903. The summed E-state index contributed by atoms with van der Waals surface area (Å²) >= 11 is 0. The predicted octanol–water partition coefficient (Wildman–Crippen LogP) is 1.27. The highest BCUT2D eigenvalue weighted by Gasteiger charge is 2.32. The van der Waals surface area contributed by atoms with Gasteiger partial charge in [-0.1, -0.05) is 42.0 Å². The Hall–Kier alpha value is -2.77. The molecule has 1 heterocycles. The maximum absolute atomic E-state index is 11.8. The Labute approximate surface area is 139 Å². The summed E-state index contributed by atoms with van der Waals surface area (Å²) in [5.41, 5.74) is 6.13. The summed E-state index contributed by atoms with van der Waals surface area (Å²) in [6.45, 7) is 0. The molecule has 2 rings (SSSR count). The zero-order valence-electron chi connectivity index (χ0n) is 13.3. The summed E-state index contributed by atoms with van der Waals surface area (Å²) in [4.78, 5) is 22.6. The summed E-state index contributed by atoms with van der Waals surface area (Å²) in [7, 11) is 0. The van der Waals surface area contributed by atoms with Crippen molar-refractivity contribution in [3.05, 3.63) is 41.7 Å². The average Bonchev–Trinajstić information content (AvgIpc) is 3.08. The summed E-state index contributed by atoms with van der Waals surface area (Å²) in [6, 6.07) is 9.61. The van der Waals surface area contributed by atoms with Gasteiger partial charge in [-0.2, -0.15) is 5.21 Å². The Morgan fingerprint density at radius 3 is 2.54 bits per heavy atom. The van der Waals surface area contributed by atoms with E-state index in [1.807, 2.05) is 30.3 Å². The van der Waals surface area contributed by atoms with Gasteiger partial charge in [0.15, 0.2) is 5.82 Å². The fourth-order valence-electron chi connectivity index (χ4n) is 2.77. The first-order chi connectivity index (χ1) is 11.6. The molecule has 1 aromatic carbocycles. The number of benzene rings is 1. The molecule has 4 N–H and O–H groups in total. The Balaban J connectivity index is 2.12. The van der Waals surface area contributed by atoms with Gasteiger partial charge < -0.3 is 10.8 Å². The monoisotopic (exact) mass is 331 g/mol. The zero-order chi connectivity index (χ0) is 17.4. The van der Waals surface area contributed by atoms with E-state index in [0.717, 1.165) is 5.56 Å². The minimum Gasteiger partial charge on any atom is -0.481 e. The molecule has 0 saturated carbocycles. The van der Waals surface area contributed by atoms with Crippen molar-refractivity contribution in [3.63, 3.8) is 0 Å². The van der Waals surface area contributed by atoms with Crippen LogP contribution in [0.25, 0.3) is 0 Å². The molecule has 128 valence electrons. The van der Waals surface area contributed by atoms with Gasteiger partial charge in [-0.15, -0.1) is 10.2 Å². The van der Waals surface area contributed by atoms with Gasteiger partial charge in [0, 0.05) is 12.3 Å². The second kappa shape index (κ2) is 8.76. The number of hydrogen-bond donors (Lipinski definition) is 3. The normalized spacial score (nSPS) is 13.3. The lowest BCUT2D eigenvalue weighted by molar-refractivity contribution is -0.143. The van der Waals surface area contributed by atoms with Crippen LogP contribution in [0.2, 0.25) is 0 Å². The molecule has 0 aliphatic carbocycles. The molecule has 0 fully saturated rings. The van der Waals surface area contributed by atoms with Gasteiger partial charge in [-0.25, -0.2) is 0 Å². The molecule has 1 aromatic heterocycles. The molecule has 1 amide bonds. The third-order valence-electron chi connectivity index (χ3n) is 3.98. The van der Waals surface area contributed by atoms with Gasteiger partial charge in [0.1, 0.15) is 0 Å². The molecule has 0 aliphatic rings. The molecule has 0 spiro atoms. The fourth-order valence-corrected chi connectivity index (χ4v) is 2.77. The summed E-state index contributed by atoms with van der Waals surface area (Å²) in [5, 5.41) is 23.6. The lowest BCUT2D eigenvalue weighted by Gasteiger charge is -2.21. The Bertz CT molecular complexity index is 645. The molecule has 0 bridgehead atoms. The van der Waals surface area contributed by atoms with Crippen molar-refractivity contribution in [1.29, 1.82) is 0 Å². The third kappa shape index (κ3) is 5.15. The van der Waals surface area contributed by atoms with Crippen LogP contribution >= 0.6 is 0 Å². The molecule has 2 aromatic rings. The van der Waals surface area contributed by atoms with Crippen molar-refractivity contribution in [2.24, 2.45) is 11.7 Å². The largest absolute Gasteiger partial charge is 0.481 e. The van der Waals surface area contributed by atoms with Crippen LogP contribution in [0, 0.1) is 5.92 Å². The summed E-state index contributed by atoms with van der Waals surface area (Å²) in [6.07, 6.45) is 2.37. The third-order valence-corrected chi connectivity index (χ3v) is 3.98. The van der Waals surface area contributed by atoms with Crippen molar-refractivity contribution in [2.75, 3.05) is 0 Å². The number of aromatic amines is 1. The van der Waals surface area contributed by atoms with Crippen molar-refractivity contribution in [1.82, 2.24) is 20.6 Å². The maximum Gasteiger partial charge on any atom is 0.307 e. The number of nitrogens with one attached hydrogen (secondary N) is 1. The number of primary amides is 1. The standard InChI is InChI=1S/C16H21N5O3/c17-14(22)9-5-4-8-12(16(23)24)13(15-18-20-21-19-15)10-11-6-2-1-3-7-11/h1-3,6-7,12-13H,4-5,8-10H2,(H2,17,22)(H,23,24)(H,18,19,20,21). The van der Waals surface area contributed by atoms with Gasteiger partial charge in [-0.3, -0.25) is 9.59 Å². The van der Waals surface area contributed by atoms with Crippen LogP contribution in [0.1, 0.15) is 43.0 Å². The van der Waals surface area contributed by atoms with Crippen molar-refractivity contribution in [2.45, 2.75) is 38.0 Å². The highest BCUT2D eigenvalue weighted by atomic mass is 16.4. The van der Waals surface area contributed by atoms with Gasteiger partial charge in [0.2, 0.25) is 5.91 Å². The molecule has 2 atom stereocenters. The molecule has 0 saturated heterocycles. The molecular weight excluding hydrogens is 310 g/mol. The zero-order valence-corrected chi connectivity index (χ0v) is 13.3. The van der Waals surface area contributed by atoms with Crippen LogP contribution in [0.3, 0.4) is 0 Å². The second-order valence-electron chi connectivity index (χ2n) is 5.72. The van der Waals surface area contributed by atoms with E-state index in [1.54, 1.807) is 0 Å². The van der Waals surface area contributed by atoms with E-state index in [2.05, 4.69) is 20.6 Å². The van der Waals surface area contributed by atoms with E-state index in [4.69, 9.17) is 5.73 Å². The first-order valence-electron chi connectivity index (χ1n) is 7.86. The number of rotatable bonds is 10. The van der Waals surface area contributed by atoms with E-state index in [1.165, 1.54) is 0 Å². The maximum atomic E-state index is 11.8. The Kier molecular flexibility index (Phi) is 6.41. The van der Waals surface area contributed by atoms with Gasteiger partial charge >= 0.3 is 5.97 Å². The van der Waals surface area contributed by atoms with Crippen LogP contribution in [-0.4, -0.2) is 37.6 Å². The summed E-state index contributed by atoms with van der Waals surface area (Å²) in [5.74, 6) is -1.94. The topological polar surface area (TPSA) is 135 Å². The van der Waals surface area contributed by atoms with Crippen molar-refractivity contribution in [3.8, 4) is 0 Å². The van der Waals surface area contributed by atoms with Gasteiger partial charge in [0.05, 0.1) is 5.92 Å². The Morgan fingerprint density at radius 2 is 1.96 bits per heavy atom. The van der Waals surface area contributed by atoms with Crippen LogP contribution < -0.4 is 5.73 Å². The number of unbranched alkanes of at least 4 members (excludes halogenated alkanes) is 1. The van der Waals surface area contributed by atoms with Crippen LogP contribution in [0.4, 0.5) is 0 Å². The lowest BCUT2D eigenvalue weighted by atomic mass is 9.83. The fraction of sp³-hybridized carbons (Fsp3) is 0.438. The SMILES string of the molecule is NC(=O)CCCCC(C(=O)O)C(Cc1ccccc1)c1nn[nH]n1. The first-order valence-corrected chi connectivity index (χ1v) is 7.86. The summed E-state index contributed by atoms with van der Waals surface area (Å²) < 4.78 is 0. The quantitative estimate of drug-likeness (QED) is 0.561. The van der Waals surface area contributed by atoms with Crippen LogP contribution in [0.15, 0.2) is 30.3 Å². The number of H-pyrrole nitrogens is 1. The molecule has 0 radical (unpaired) electrons. The Morgan fingerprint density at radius 1 is 1.21 bits per heavy atom. The highest BCUT2D eigenvalue weighted by Crippen LogP contribution is 2.30. The number of nitrogens with two attached hydrogens (primary N) is 1. The average molecular weight is 331 g/mol. The minimum absolute atomic E-state index is 0.262. The van der Waals surface area contributed by atoms with E-state index in [0.29, 0.717) is 31.5 Å². The molecule has 0 aliphatic heterocycles. The number of hydrogen-bond acceptors (Lipinski definition) is 5. The van der Waals surface area contributed by atoms with E-state index < -0.39 is 17.8 Å². The molecule has 8 heteroatoms. The number of carboxylic acid groups (broad SMARTS) is 1. The van der Waals surface area contributed by atoms with E-state index in [9.17, 15) is 14.7 Å². The molecule has 2 unspecified atom stereocenters. The van der Waals surface area contributed by atoms with Crippen molar-refractivity contribution >= 4 is 11.9 Å². The predicted molar refractivity (Wildman–Crippen MR) is 85.9 cm³/mol. The van der Waals surface area contributed by atoms with Crippen LogP contribution in [-0.2, 0) is 16.0 Å². The first kappa shape index (κ1) is 17.6. The smallest absolute Gasteiger partial charge is 0.307 e. The number of carboxylic acids is 1. The van der Waals surface area contributed by atoms with E-state index in [-0.39, 0.29) is 12.3 Å². The lowest BCUT2D eigenvalue weighted by Crippen LogP contribution is -2.25. The van der Waals surface area contributed by atoms with E-state index >= 15 is 0 Å².